The molecule has 0 aromatic rings. The van der Waals surface area contributed by atoms with Gasteiger partial charge >= 0.3 is 11.9 Å². The van der Waals surface area contributed by atoms with Gasteiger partial charge in [-0.25, -0.2) is 4.79 Å². The number of carboxylic acid groups (broad SMARTS) is 2. The second-order valence-corrected chi connectivity index (χ2v) is 11.2. The van der Waals surface area contributed by atoms with E-state index in [4.69, 9.17) is 0 Å². The van der Waals surface area contributed by atoms with Gasteiger partial charge in [-0.05, 0) is 51.4 Å². The Kier molecular flexibility index (Phi) is 28.3. The second kappa shape index (κ2) is 29.9. The summed E-state index contributed by atoms with van der Waals surface area (Å²) in [6.45, 7) is 4.48. The lowest BCUT2D eigenvalue weighted by molar-refractivity contribution is -0.144. The van der Waals surface area contributed by atoms with Crippen molar-refractivity contribution in [2.45, 2.75) is 162 Å². The summed E-state index contributed by atoms with van der Waals surface area (Å²) in [5.74, 6) is -3.12. The Morgan fingerprint density at radius 3 is 1.48 bits per heavy atom. The van der Waals surface area contributed by atoms with Crippen LogP contribution in [0.25, 0.3) is 0 Å². The minimum Gasteiger partial charge on any atom is -0.481 e. The second-order valence-electron chi connectivity index (χ2n) is 11.2. The maximum atomic E-state index is 11.8. The first-order valence-electron chi connectivity index (χ1n) is 16.7. The van der Waals surface area contributed by atoms with E-state index >= 15 is 0 Å². The van der Waals surface area contributed by atoms with E-state index in [2.05, 4.69) is 38.2 Å². The Bertz CT molecular complexity index is 716. The van der Waals surface area contributed by atoms with Crippen LogP contribution < -0.4 is 0 Å². The van der Waals surface area contributed by atoms with Crippen molar-refractivity contribution in [2.75, 3.05) is 0 Å². The Labute approximate surface area is 247 Å². The summed E-state index contributed by atoms with van der Waals surface area (Å²) in [6.07, 6.45) is 40.6. The van der Waals surface area contributed by atoms with Crippen LogP contribution in [-0.2, 0) is 9.59 Å². The molecular weight excluding hydrogens is 496 g/mol. The molecule has 0 rings (SSSR count). The smallest absolute Gasteiger partial charge is 0.332 e. The number of unbranched alkanes of at least 4 members (excludes halogenated alkanes) is 18. The molecule has 230 valence electrons. The monoisotopic (exact) mass is 558 g/mol. The van der Waals surface area contributed by atoms with Gasteiger partial charge in [-0.2, -0.15) is 0 Å². The fraction of sp³-hybridized carbons (Fsp3) is 0.722. The van der Waals surface area contributed by atoms with Crippen molar-refractivity contribution in [3.05, 3.63) is 48.1 Å². The number of hydrogen-bond acceptors (Lipinski definition) is 2. The number of hydrogen-bond donors (Lipinski definition) is 2. The van der Waals surface area contributed by atoms with E-state index in [1.54, 1.807) is 6.08 Å². The highest BCUT2D eigenvalue weighted by molar-refractivity contribution is 5.94. The molecule has 0 radical (unpaired) electrons. The summed E-state index contributed by atoms with van der Waals surface area (Å²) in [5, 5.41) is 19.3. The average Bonchev–Trinajstić information content (AvgIpc) is 2.93. The Balaban J connectivity index is 4.11. The van der Waals surface area contributed by atoms with E-state index in [9.17, 15) is 19.8 Å². The van der Waals surface area contributed by atoms with Gasteiger partial charge in [0.2, 0.25) is 0 Å². The molecule has 0 amide bonds. The minimum atomic E-state index is -1.13. The molecule has 2 N–H and O–H groups in total. The van der Waals surface area contributed by atoms with Gasteiger partial charge in [0, 0.05) is 0 Å². The van der Waals surface area contributed by atoms with E-state index in [1.807, 2.05) is 6.08 Å². The van der Waals surface area contributed by atoms with Crippen molar-refractivity contribution in [1.82, 2.24) is 0 Å². The van der Waals surface area contributed by atoms with Gasteiger partial charge in [0.1, 0.15) is 0 Å². The molecule has 0 aliphatic rings. The van der Waals surface area contributed by atoms with Crippen molar-refractivity contribution < 1.29 is 19.8 Å². The Hall–Kier alpha value is -2.10. The van der Waals surface area contributed by atoms with Crippen LogP contribution in [-0.4, -0.2) is 22.2 Å². The van der Waals surface area contributed by atoms with Crippen molar-refractivity contribution in [3.8, 4) is 0 Å². The largest absolute Gasteiger partial charge is 0.481 e. The first-order chi connectivity index (χ1) is 19.5. The van der Waals surface area contributed by atoms with Gasteiger partial charge < -0.3 is 10.2 Å². The number of rotatable bonds is 29. The third-order valence-corrected chi connectivity index (χ3v) is 7.50. The molecule has 4 nitrogen and oxygen atoms in total. The molecule has 0 aromatic heterocycles. The van der Waals surface area contributed by atoms with Crippen molar-refractivity contribution in [1.29, 1.82) is 0 Å². The van der Waals surface area contributed by atoms with E-state index in [1.165, 1.54) is 96.0 Å². The maximum absolute atomic E-state index is 11.8. The van der Waals surface area contributed by atoms with E-state index < -0.39 is 17.9 Å². The zero-order chi connectivity index (χ0) is 29.5. The van der Waals surface area contributed by atoms with Gasteiger partial charge in [-0.3, -0.25) is 4.79 Å². The fourth-order valence-corrected chi connectivity index (χ4v) is 4.93. The molecule has 0 aliphatic carbocycles. The summed E-state index contributed by atoms with van der Waals surface area (Å²) in [4.78, 5) is 23.6. The van der Waals surface area contributed by atoms with Gasteiger partial charge in [0.05, 0.1) is 11.5 Å². The predicted octanol–water partition coefficient (Wildman–Crippen LogP) is 11.4. The minimum absolute atomic E-state index is 0.00614. The highest BCUT2D eigenvalue weighted by Gasteiger charge is 2.26. The molecule has 0 spiro atoms. The van der Waals surface area contributed by atoms with Gasteiger partial charge in [-0.1, -0.05) is 153 Å². The normalized spacial score (nSPS) is 13.2. The third-order valence-electron chi connectivity index (χ3n) is 7.50. The molecule has 40 heavy (non-hydrogen) atoms. The lowest BCUT2D eigenvalue weighted by Crippen LogP contribution is -2.21. The SMILES string of the molecule is CCCCCC=CCC=CCCCCCCC(C(=O)O)C(=CC=CCCCCCCCCCCCCC)C(=O)O. The molecule has 0 heterocycles. The zero-order valence-electron chi connectivity index (χ0n) is 26.1. The lowest BCUT2D eigenvalue weighted by atomic mass is 9.92. The van der Waals surface area contributed by atoms with E-state index in [0.717, 1.165) is 51.4 Å². The standard InChI is InChI=1S/C36H62O4/c1-3-5-7-9-11-13-15-17-19-21-23-25-27-29-31-33(35(37)38)34(36(39)40)32-30-28-26-24-22-20-18-16-14-12-10-8-6-4-2/h11,13,17,19,28,30,32-33H,3-10,12,14-16,18,20-27,29,31H2,1-2H3,(H,37,38)(H,39,40). The van der Waals surface area contributed by atoms with Crippen LogP contribution in [0.3, 0.4) is 0 Å². The van der Waals surface area contributed by atoms with Crippen LogP contribution in [0, 0.1) is 5.92 Å². The first kappa shape index (κ1) is 37.9. The number of allylic oxidation sites excluding steroid dienone is 7. The summed E-state index contributed by atoms with van der Waals surface area (Å²) < 4.78 is 0. The average molecular weight is 559 g/mol. The van der Waals surface area contributed by atoms with Crippen molar-refractivity contribution >= 4 is 11.9 Å². The third kappa shape index (κ3) is 24.9. The van der Waals surface area contributed by atoms with Gasteiger partial charge in [0.25, 0.3) is 0 Å². The van der Waals surface area contributed by atoms with Crippen molar-refractivity contribution in [2.24, 2.45) is 5.92 Å². The van der Waals surface area contributed by atoms with Gasteiger partial charge in [-0.15, -0.1) is 0 Å². The van der Waals surface area contributed by atoms with Crippen LogP contribution in [0.1, 0.15) is 162 Å². The highest BCUT2D eigenvalue weighted by atomic mass is 16.4. The Morgan fingerprint density at radius 1 is 0.550 bits per heavy atom. The van der Waals surface area contributed by atoms with Crippen LogP contribution >= 0.6 is 0 Å². The molecule has 0 aromatic carbocycles. The molecular formula is C36H62O4. The van der Waals surface area contributed by atoms with Crippen LogP contribution in [0.15, 0.2) is 48.1 Å². The predicted molar refractivity (Wildman–Crippen MR) is 172 cm³/mol. The number of carboxylic acids is 2. The molecule has 0 aliphatic heterocycles. The first-order valence-corrected chi connectivity index (χ1v) is 16.7. The lowest BCUT2D eigenvalue weighted by Gasteiger charge is -2.13. The van der Waals surface area contributed by atoms with E-state index in [-0.39, 0.29) is 5.57 Å². The maximum Gasteiger partial charge on any atom is 0.332 e. The molecule has 0 bridgehead atoms. The summed E-state index contributed by atoms with van der Waals surface area (Å²) >= 11 is 0. The molecule has 4 heteroatoms. The molecule has 0 fully saturated rings. The molecule has 0 saturated heterocycles. The van der Waals surface area contributed by atoms with Crippen molar-refractivity contribution in [3.63, 3.8) is 0 Å². The fourth-order valence-electron chi connectivity index (χ4n) is 4.93. The highest BCUT2D eigenvalue weighted by Crippen LogP contribution is 2.21. The van der Waals surface area contributed by atoms with E-state index in [0.29, 0.717) is 6.42 Å². The number of aliphatic carboxylic acids is 2. The summed E-state index contributed by atoms with van der Waals surface area (Å²) in [6, 6.07) is 0. The van der Waals surface area contributed by atoms with Crippen LogP contribution in [0.5, 0.6) is 0 Å². The molecule has 1 atom stereocenters. The topological polar surface area (TPSA) is 74.6 Å². The van der Waals surface area contributed by atoms with Crippen LogP contribution in [0.2, 0.25) is 0 Å². The Morgan fingerprint density at radius 2 is 0.975 bits per heavy atom. The summed E-state index contributed by atoms with van der Waals surface area (Å²) in [5.41, 5.74) is -0.00614. The van der Waals surface area contributed by atoms with Gasteiger partial charge in [0.15, 0.2) is 0 Å². The number of carbonyl (C=O) groups is 2. The molecule has 1 unspecified atom stereocenters. The quantitative estimate of drug-likeness (QED) is 0.0414. The zero-order valence-corrected chi connectivity index (χ0v) is 26.1. The summed E-state index contributed by atoms with van der Waals surface area (Å²) in [7, 11) is 0. The molecule has 0 saturated carbocycles. The van der Waals surface area contributed by atoms with Crippen LogP contribution in [0.4, 0.5) is 0 Å².